The number of hydrogen-bond donors (Lipinski definition) is 2. The number of halogens is 2. The molecule has 3 rings (SSSR count). The van der Waals surface area contributed by atoms with Crippen molar-refractivity contribution in [3.05, 3.63) is 75.8 Å². The molecule has 2 aromatic carbocycles. The van der Waals surface area contributed by atoms with Crippen molar-refractivity contribution in [1.82, 2.24) is 5.32 Å². The topological polar surface area (TPSA) is 66.7 Å². The zero-order chi connectivity index (χ0) is 20.3. The molecule has 0 fully saturated rings. The minimum Gasteiger partial charge on any atom is -0.495 e. The molecular weight excluding hydrogens is 397 g/mol. The molecule has 0 atom stereocenters. The van der Waals surface area contributed by atoms with Gasteiger partial charge in [-0.1, -0.05) is 60.1 Å². The van der Waals surface area contributed by atoms with Crippen LogP contribution in [0.5, 0.6) is 11.5 Å². The Labute approximate surface area is 173 Å². The van der Waals surface area contributed by atoms with Crippen molar-refractivity contribution in [3.63, 3.8) is 0 Å². The fraction of sp³-hybridized carbons (Fsp3) is 0.143. The highest BCUT2D eigenvalue weighted by Crippen LogP contribution is 2.43. The predicted molar refractivity (Wildman–Crippen MR) is 115 cm³/mol. The van der Waals surface area contributed by atoms with Crippen molar-refractivity contribution in [2.45, 2.75) is 6.54 Å². The van der Waals surface area contributed by atoms with E-state index < -0.39 is 0 Å². The highest BCUT2D eigenvalue weighted by atomic mass is 35.5. The Morgan fingerprint density at radius 2 is 1.68 bits per heavy atom. The summed E-state index contributed by atoms with van der Waals surface area (Å²) in [4.78, 5) is 4.54. The molecule has 7 heteroatoms. The Balaban J connectivity index is 2.02. The van der Waals surface area contributed by atoms with Gasteiger partial charge in [-0.05, 0) is 17.2 Å². The van der Waals surface area contributed by atoms with Crippen LogP contribution in [0.15, 0.2) is 59.6 Å². The molecular formula is C21H19Cl2N3O2. The summed E-state index contributed by atoms with van der Waals surface area (Å²) in [5.41, 5.74) is 2.81. The average Bonchev–Trinajstić information content (AvgIpc) is 2.70. The fourth-order valence-electron chi connectivity index (χ4n) is 2.75. The van der Waals surface area contributed by atoms with E-state index >= 15 is 0 Å². The molecule has 28 heavy (non-hydrogen) atoms. The maximum Gasteiger partial charge on any atom is 0.151 e. The zero-order valence-corrected chi connectivity index (χ0v) is 17.0. The van der Waals surface area contributed by atoms with Crippen LogP contribution in [0.2, 0.25) is 10.0 Å². The van der Waals surface area contributed by atoms with Gasteiger partial charge in [-0.25, -0.2) is 0 Å². The van der Waals surface area contributed by atoms with E-state index in [9.17, 15) is 0 Å². The lowest BCUT2D eigenvalue weighted by Gasteiger charge is -2.23. The number of methoxy groups -OCH3 is 2. The molecule has 0 aromatic heterocycles. The molecule has 0 saturated heterocycles. The largest absolute Gasteiger partial charge is 0.495 e. The van der Waals surface area contributed by atoms with Crippen LogP contribution in [0.3, 0.4) is 0 Å². The molecule has 1 heterocycles. The van der Waals surface area contributed by atoms with Crippen LogP contribution < -0.4 is 14.8 Å². The molecule has 0 bridgehead atoms. The lowest BCUT2D eigenvalue weighted by molar-refractivity contribution is 0.394. The summed E-state index contributed by atoms with van der Waals surface area (Å²) in [7, 11) is 3.03. The summed E-state index contributed by atoms with van der Waals surface area (Å²) >= 11 is 13.0. The van der Waals surface area contributed by atoms with Crippen LogP contribution in [-0.4, -0.2) is 25.8 Å². The first-order valence-corrected chi connectivity index (χ1v) is 9.17. The Kier molecular flexibility index (Phi) is 6.07. The molecule has 0 spiro atoms. The first-order valence-electron chi connectivity index (χ1n) is 8.42. The highest BCUT2D eigenvalue weighted by molar-refractivity contribution is 6.50. The van der Waals surface area contributed by atoms with E-state index in [0.29, 0.717) is 50.8 Å². The minimum atomic E-state index is 0.210. The number of ether oxygens (including phenoxy) is 2. The van der Waals surface area contributed by atoms with Crippen LogP contribution in [0, 0.1) is 5.41 Å². The Hall–Kier alpha value is -2.76. The van der Waals surface area contributed by atoms with Crippen LogP contribution in [0.25, 0.3) is 5.70 Å². The normalized spacial score (nSPS) is 15.3. The third kappa shape index (κ3) is 3.91. The van der Waals surface area contributed by atoms with Gasteiger partial charge < -0.3 is 14.8 Å². The molecule has 1 aliphatic heterocycles. The third-order valence-corrected chi connectivity index (χ3v) is 4.99. The molecule has 0 radical (unpaired) electrons. The van der Waals surface area contributed by atoms with Crippen LogP contribution in [0.1, 0.15) is 11.1 Å². The van der Waals surface area contributed by atoms with E-state index in [0.717, 1.165) is 5.56 Å². The van der Waals surface area contributed by atoms with Crippen molar-refractivity contribution >= 4 is 40.4 Å². The van der Waals surface area contributed by atoms with Crippen molar-refractivity contribution in [2.75, 3.05) is 14.2 Å². The van der Waals surface area contributed by atoms with Gasteiger partial charge in [0.15, 0.2) is 5.84 Å². The lowest BCUT2D eigenvalue weighted by Crippen LogP contribution is -2.34. The van der Waals surface area contributed by atoms with Crippen molar-refractivity contribution < 1.29 is 9.47 Å². The van der Waals surface area contributed by atoms with Gasteiger partial charge in [0.1, 0.15) is 17.2 Å². The van der Waals surface area contributed by atoms with E-state index in [-0.39, 0.29) is 5.71 Å². The first-order chi connectivity index (χ1) is 13.5. The highest BCUT2D eigenvalue weighted by Gasteiger charge is 2.25. The lowest BCUT2D eigenvalue weighted by atomic mass is 10.0. The Morgan fingerprint density at radius 1 is 1.07 bits per heavy atom. The van der Waals surface area contributed by atoms with Gasteiger partial charge in [-0.3, -0.25) is 10.4 Å². The predicted octanol–water partition coefficient (Wildman–Crippen LogP) is 5.13. The molecule has 144 valence electrons. The van der Waals surface area contributed by atoms with E-state index in [1.54, 1.807) is 12.1 Å². The number of nitrogens with zero attached hydrogens (tertiary/aromatic N) is 1. The zero-order valence-electron chi connectivity index (χ0n) is 15.5. The molecule has 0 saturated carbocycles. The SMILES string of the molecule is C=C1C=C(c2c(Cl)c(OC)cc(OC)c2Cl)NC(=NCc2ccccc2)C1=N. The van der Waals surface area contributed by atoms with Crippen molar-refractivity contribution in [1.29, 1.82) is 5.41 Å². The van der Waals surface area contributed by atoms with Gasteiger partial charge in [0, 0.05) is 11.6 Å². The number of allylic oxidation sites excluding steroid dienone is 1. The van der Waals surface area contributed by atoms with Crippen molar-refractivity contribution in [3.8, 4) is 11.5 Å². The Morgan fingerprint density at radius 3 is 2.25 bits per heavy atom. The second-order valence-electron chi connectivity index (χ2n) is 6.02. The van der Waals surface area contributed by atoms with E-state index in [1.807, 2.05) is 30.3 Å². The van der Waals surface area contributed by atoms with E-state index in [4.69, 9.17) is 38.1 Å². The smallest absolute Gasteiger partial charge is 0.151 e. The Bertz CT molecular complexity index is 970. The number of amidine groups is 1. The second kappa shape index (κ2) is 8.50. The van der Waals surface area contributed by atoms with E-state index in [2.05, 4.69) is 16.9 Å². The average molecular weight is 416 g/mol. The van der Waals surface area contributed by atoms with Crippen molar-refractivity contribution in [2.24, 2.45) is 4.99 Å². The molecule has 0 aliphatic carbocycles. The van der Waals surface area contributed by atoms with Gasteiger partial charge in [0.2, 0.25) is 0 Å². The number of aliphatic imine (C=N–C) groups is 1. The minimum absolute atomic E-state index is 0.210. The molecule has 1 aliphatic rings. The summed E-state index contributed by atoms with van der Waals surface area (Å²) in [5, 5.41) is 12.1. The standard InChI is InChI=1S/C21H19Cl2N3O2/c1-12-9-14(17-18(22)15(27-2)10-16(28-3)19(17)23)26-21(20(12)24)25-11-13-7-5-4-6-8-13/h4-10,24H,1,11H2,2-3H3,(H,25,26). The molecule has 5 nitrogen and oxygen atoms in total. The van der Waals surface area contributed by atoms with Gasteiger partial charge in [-0.2, -0.15) is 0 Å². The summed E-state index contributed by atoms with van der Waals surface area (Å²) in [6.07, 6.45) is 1.70. The van der Waals surface area contributed by atoms with Gasteiger partial charge in [0.25, 0.3) is 0 Å². The summed E-state index contributed by atoms with van der Waals surface area (Å²) in [6, 6.07) is 11.4. The van der Waals surface area contributed by atoms with Gasteiger partial charge in [-0.15, -0.1) is 0 Å². The number of hydrogen-bond acceptors (Lipinski definition) is 4. The maximum absolute atomic E-state index is 8.28. The number of nitrogens with one attached hydrogen (secondary N) is 2. The quantitative estimate of drug-likeness (QED) is 0.710. The fourth-order valence-corrected chi connectivity index (χ4v) is 3.46. The van der Waals surface area contributed by atoms with Gasteiger partial charge >= 0.3 is 0 Å². The number of rotatable bonds is 5. The molecule has 2 aromatic rings. The summed E-state index contributed by atoms with van der Waals surface area (Å²) in [5.74, 6) is 1.24. The van der Waals surface area contributed by atoms with Crippen LogP contribution in [-0.2, 0) is 6.54 Å². The van der Waals surface area contributed by atoms with Crippen LogP contribution in [0.4, 0.5) is 0 Å². The summed E-state index contributed by atoms with van der Waals surface area (Å²) < 4.78 is 10.7. The second-order valence-corrected chi connectivity index (χ2v) is 6.77. The monoisotopic (exact) mass is 415 g/mol. The van der Waals surface area contributed by atoms with Crippen LogP contribution >= 0.6 is 23.2 Å². The van der Waals surface area contributed by atoms with E-state index in [1.165, 1.54) is 14.2 Å². The molecule has 0 amide bonds. The first kappa shape index (κ1) is 20.0. The molecule has 0 unspecified atom stereocenters. The third-order valence-electron chi connectivity index (χ3n) is 4.24. The summed E-state index contributed by atoms with van der Waals surface area (Å²) in [6.45, 7) is 4.38. The number of benzene rings is 2. The van der Waals surface area contributed by atoms with Gasteiger partial charge in [0.05, 0.1) is 36.5 Å². The maximum atomic E-state index is 8.28. The molecule has 2 N–H and O–H groups in total.